The predicted octanol–water partition coefficient (Wildman–Crippen LogP) is 6.63. The number of hydrogen-bond acceptors (Lipinski definition) is 10. The van der Waals surface area contributed by atoms with Gasteiger partial charge in [0.25, 0.3) is 0 Å². The molecule has 3 saturated heterocycles. The van der Waals surface area contributed by atoms with Crippen molar-refractivity contribution in [1.29, 1.82) is 0 Å². The fourth-order valence-corrected chi connectivity index (χ4v) is 10.2. The van der Waals surface area contributed by atoms with Crippen LogP contribution in [0.4, 0.5) is 14.6 Å². The number of methoxy groups -OCH3 is 1. The van der Waals surface area contributed by atoms with Gasteiger partial charge in [-0.3, -0.25) is 4.90 Å². The molecule has 5 aliphatic rings. The topological polar surface area (TPSA) is 102 Å². The highest BCUT2D eigenvalue weighted by Crippen LogP contribution is 2.55. The van der Waals surface area contributed by atoms with Gasteiger partial charge in [-0.2, -0.15) is 9.97 Å². The third kappa shape index (κ3) is 5.83. The Morgan fingerprint density at radius 3 is 2.66 bits per heavy atom. The smallest absolute Gasteiger partial charge is 0.319 e. The summed E-state index contributed by atoms with van der Waals surface area (Å²) in [6.45, 7) is 5.53. The molecule has 10 nitrogen and oxygen atoms in total. The minimum atomic E-state index is -0.782. The third-order valence-electron chi connectivity index (χ3n) is 12.7. The number of ether oxygens (including phenoxy) is 4. The summed E-state index contributed by atoms with van der Waals surface area (Å²) in [5.74, 6) is 1.36. The molecular formula is C41H45F2N5O5. The number of anilines is 1. The van der Waals surface area contributed by atoms with Crippen LogP contribution in [-0.2, 0) is 9.47 Å². The molecule has 4 aromatic rings. The van der Waals surface area contributed by atoms with Gasteiger partial charge in [0.2, 0.25) is 5.88 Å². The van der Waals surface area contributed by atoms with Crippen LogP contribution in [0.25, 0.3) is 32.9 Å². The summed E-state index contributed by atoms with van der Waals surface area (Å²) >= 11 is 0. The second-order valence-corrected chi connectivity index (χ2v) is 15.7. The molecule has 278 valence electrons. The summed E-state index contributed by atoms with van der Waals surface area (Å²) < 4.78 is 56.3. The van der Waals surface area contributed by atoms with E-state index in [0.717, 1.165) is 58.3 Å². The van der Waals surface area contributed by atoms with E-state index in [2.05, 4.69) is 15.8 Å². The first-order chi connectivity index (χ1) is 25.8. The maximum atomic E-state index is 17.2. The van der Waals surface area contributed by atoms with Gasteiger partial charge in [0.1, 0.15) is 34.0 Å². The molecular weight excluding hydrogens is 680 g/mol. The minimum Gasteiger partial charge on any atom is -0.508 e. The second kappa shape index (κ2) is 13.5. The Morgan fingerprint density at radius 2 is 1.85 bits per heavy atom. The number of pyridine rings is 1. The molecule has 1 spiro atoms. The zero-order valence-corrected chi connectivity index (χ0v) is 30.1. The van der Waals surface area contributed by atoms with Crippen LogP contribution in [0.15, 0.2) is 24.3 Å². The van der Waals surface area contributed by atoms with E-state index >= 15 is 8.78 Å². The zero-order valence-electron chi connectivity index (χ0n) is 30.1. The molecule has 1 N–H and O–H groups in total. The lowest BCUT2D eigenvalue weighted by Crippen LogP contribution is -2.60. The van der Waals surface area contributed by atoms with Gasteiger partial charge < -0.3 is 29.0 Å². The Morgan fingerprint density at radius 1 is 0.981 bits per heavy atom. The van der Waals surface area contributed by atoms with Gasteiger partial charge >= 0.3 is 6.01 Å². The van der Waals surface area contributed by atoms with Gasteiger partial charge in [0.05, 0.1) is 32.5 Å². The molecule has 2 aromatic carbocycles. The molecule has 2 unspecified atom stereocenters. The van der Waals surface area contributed by atoms with Gasteiger partial charge in [0, 0.05) is 54.8 Å². The summed E-state index contributed by atoms with van der Waals surface area (Å²) in [5.41, 5.74) is 0.154. The lowest BCUT2D eigenvalue weighted by Gasteiger charge is -2.56. The van der Waals surface area contributed by atoms with Crippen LogP contribution in [-0.4, -0.2) is 96.8 Å². The van der Waals surface area contributed by atoms with Crippen molar-refractivity contribution < 1.29 is 32.8 Å². The lowest BCUT2D eigenvalue weighted by atomic mass is 9.63. The lowest BCUT2D eigenvalue weighted by molar-refractivity contribution is -0.0813. The summed E-state index contributed by atoms with van der Waals surface area (Å²) in [6, 6.07) is 6.59. The van der Waals surface area contributed by atoms with Crippen molar-refractivity contribution >= 4 is 27.5 Å². The van der Waals surface area contributed by atoms with Crippen LogP contribution in [0.1, 0.15) is 63.4 Å². The molecule has 5 heterocycles. The molecule has 3 aliphatic heterocycles. The highest BCUT2D eigenvalue weighted by molar-refractivity contribution is 6.04. The Labute approximate surface area is 307 Å². The fourth-order valence-electron chi connectivity index (χ4n) is 10.2. The molecule has 0 amide bonds. The van der Waals surface area contributed by atoms with Crippen LogP contribution in [0, 0.1) is 34.8 Å². The summed E-state index contributed by atoms with van der Waals surface area (Å²) in [4.78, 5) is 19.1. The third-order valence-corrected chi connectivity index (χ3v) is 12.7. The fraction of sp³-hybridized carbons (Fsp3) is 0.537. The van der Waals surface area contributed by atoms with E-state index in [1.807, 2.05) is 4.90 Å². The number of aromatic hydroxyl groups is 1. The molecule has 0 radical (unpaired) electrons. The number of aromatic nitrogens is 3. The number of terminal acetylenes is 1. The number of phenols is 1. The zero-order chi connectivity index (χ0) is 36.3. The highest BCUT2D eigenvalue weighted by atomic mass is 19.1. The van der Waals surface area contributed by atoms with E-state index < -0.39 is 11.6 Å². The van der Waals surface area contributed by atoms with Crippen molar-refractivity contribution in [3.8, 4) is 41.2 Å². The molecule has 2 aliphatic carbocycles. The van der Waals surface area contributed by atoms with E-state index in [4.69, 9.17) is 35.3 Å². The maximum absolute atomic E-state index is 17.2. The van der Waals surface area contributed by atoms with Gasteiger partial charge in [-0.05, 0) is 86.9 Å². The number of phenolic OH excluding ortho intramolecular Hbond substituents is 1. The van der Waals surface area contributed by atoms with Gasteiger partial charge in [-0.15, -0.1) is 6.42 Å². The van der Waals surface area contributed by atoms with Crippen molar-refractivity contribution in [3.63, 3.8) is 0 Å². The van der Waals surface area contributed by atoms with Gasteiger partial charge in [-0.1, -0.05) is 18.4 Å². The Kier molecular flexibility index (Phi) is 8.79. The van der Waals surface area contributed by atoms with Crippen molar-refractivity contribution in [1.82, 2.24) is 19.9 Å². The monoisotopic (exact) mass is 725 g/mol. The Balaban J connectivity index is 1.13. The van der Waals surface area contributed by atoms with Crippen molar-refractivity contribution in [3.05, 3.63) is 41.5 Å². The van der Waals surface area contributed by atoms with Crippen LogP contribution in [0.2, 0.25) is 0 Å². The van der Waals surface area contributed by atoms with E-state index in [0.29, 0.717) is 67.0 Å². The van der Waals surface area contributed by atoms with Crippen LogP contribution < -0.4 is 14.4 Å². The average Bonchev–Trinajstić information content (AvgIpc) is 3.74. The van der Waals surface area contributed by atoms with Crippen LogP contribution in [0.5, 0.6) is 17.6 Å². The maximum Gasteiger partial charge on any atom is 0.319 e. The normalized spacial score (nSPS) is 27.5. The van der Waals surface area contributed by atoms with Crippen molar-refractivity contribution in [2.75, 3.05) is 64.7 Å². The molecule has 53 heavy (non-hydrogen) atoms. The van der Waals surface area contributed by atoms with Crippen LogP contribution >= 0.6 is 0 Å². The first-order valence-electron chi connectivity index (χ1n) is 19.0. The first kappa shape index (κ1) is 34.5. The number of rotatable bonds is 7. The van der Waals surface area contributed by atoms with Crippen LogP contribution in [0.3, 0.4) is 0 Å². The van der Waals surface area contributed by atoms with E-state index in [9.17, 15) is 5.11 Å². The van der Waals surface area contributed by atoms with Gasteiger partial charge in [0.15, 0.2) is 5.82 Å². The summed E-state index contributed by atoms with van der Waals surface area (Å²) in [7, 11) is 1.45. The van der Waals surface area contributed by atoms with E-state index in [1.54, 1.807) is 0 Å². The molecule has 0 bridgehead atoms. The average molecular weight is 726 g/mol. The Hall–Kier alpha value is -4.31. The molecule has 9 rings (SSSR count). The number of nitrogens with zero attached hydrogens (tertiary/aromatic N) is 5. The SMILES string of the molecule is C#Cc1c(F)ccc2cc(O)cc(-c3nc(OC)c4c(N5CCCOCC5)nc(OCC56CCCC5N(C5CC7(CCOC7)C5)CCC6)nc4c3F)c12. The number of benzene rings is 2. The first-order valence-corrected chi connectivity index (χ1v) is 19.0. The quantitative estimate of drug-likeness (QED) is 0.209. The number of fused-ring (bicyclic) bond motifs is 3. The van der Waals surface area contributed by atoms with Crippen molar-refractivity contribution in [2.45, 2.75) is 69.9 Å². The molecule has 2 saturated carbocycles. The molecule has 12 heteroatoms. The molecule has 2 aromatic heterocycles. The summed E-state index contributed by atoms with van der Waals surface area (Å²) in [6.07, 6.45) is 15.6. The number of halogens is 2. The van der Waals surface area contributed by atoms with E-state index in [1.165, 1.54) is 50.6 Å². The second-order valence-electron chi connectivity index (χ2n) is 15.7. The number of piperidine rings is 1. The number of hydrogen-bond donors (Lipinski definition) is 1. The molecule has 2 atom stereocenters. The predicted molar refractivity (Wildman–Crippen MR) is 196 cm³/mol. The minimum absolute atomic E-state index is 0.0437. The largest absolute Gasteiger partial charge is 0.508 e. The van der Waals surface area contributed by atoms with Gasteiger partial charge in [-0.25, -0.2) is 13.8 Å². The number of likely N-dealkylation sites (tertiary alicyclic amines) is 1. The standard InChI is InChI=1S/C41H45F2N5O5/c1-3-28-30(42)9-8-25-19-27(49)20-29(32(25)28)35-34(43)36-33(38(44-35)50-2)37(47-13-6-16-51-18-15-47)46-39(45-36)53-24-41-10-4-7-31(41)48(14-5-11-41)26-21-40(22-26)12-17-52-23-40/h1,8-9,19-20,26,31,49H,4-7,10-18,21-24H2,2H3. The van der Waals surface area contributed by atoms with E-state index in [-0.39, 0.29) is 50.8 Å². The van der Waals surface area contributed by atoms with Crippen molar-refractivity contribution in [2.24, 2.45) is 10.8 Å². The molecule has 5 fully saturated rings. The Bertz CT molecular complexity index is 2100. The highest BCUT2D eigenvalue weighted by Gasteiger charge is 2.55. The summed E-state index contributed by atoms with van der Waals surface area (Å²) in [5, 5.41) is 11.7.